The van der Waals surface area contributed by atoms with Crippen LogP contribution in [0.4, 0.5) is 0 Å². The van der Waals surface area contributed by atoms with E-state index in [4.69, 9.17) is 26.4 Å². The van der Waals surface area contributed by atoms with Crippen LogP contribution in [0.2, 0.25) is 0 Å². The number of nitrogens with one attached hydrogen (secondary N) is 3. The molecule has 0 atom stereocenters. The summed E-state index contributed by atoms with van der Waals surface area (Å²) in [5, 5.41) is 7.88. The van der Waals surface area contributed by atoms with Crippen molar-refractivity contribution >= 4 is 23.5 Å². The number of nitrogens with zero attached hydrogens (tertiary/aromatic N) is 1. The van der Waals surface area contributed by atoms with E-state index in [0.29, 0.717) is 23.4 Å². The summed E-state index contributed by atoms with van der Waals surface area (Å²) in [6.45, 7) is 10.5. The minimum Gasteiger partial charge on any atom is -0.493 e. The molecule has 1 aliphatic heterocycles. The van der Waals surface area contributed by atoms with E-state index in [0.717, 1.165) is 50.7 Å². The SMILES string of the molecule is COc1cc(/C=N\NC(=S)NCC[NH+]2CCOCC2)ccc1OCC(C)C. The predicted molar refractivity (Wildman–Crippen MR) is 111 cm³/mol. The highest BCUT2D eigenvalue weighted by Gasteiger charge is 2.12. The molecule has 0 unspecified atom stereocenters. The van der Waals surface area contributed by atoms with Gasteiger partial charge in [-0.1, -0.05) is 13.8 Å². The van der Waals surface area contributed by atoms with Crippen LogP contribution in [0.25, 0.3) is 0 Å². The Labute approximate surface area is 167 Å². The second-order valence-electron chi connectivity index (χ2n) is 6.85. The first-order valence-corrected chi connectivity index (χ1v) is 9.78. The van der Waals surface area contributed by atoms with Gasteiger partial charge < -0.3 is 24.4 Å². The smallest absolute Gasteiger partial charge is 0.187 e. The van der Waals surface area contributed by atoms with Gasteiger partial charge in [0.25, 0.3) is 0 Å². The van der Waals surface area contributed by atoms with Crippen molar-refractivity contribution in [1.29, 1.82) is 0 Å². The molecule has 1 saturated heterocycles. The largest absolute Gasteiger partial charge is 0.493 e. The first-order chi connectivity index (χ1) is 13.1. The molecule has 0 saturated carbocycles. The van der Waals surface area contributed by atoms with Crippen LogP contribution in [-0.2, 0) is 4.74 Å². The van der Waals surface area contributed by atoms with E-state index < -0.39 is 0 Å². The molecule has 3 N–H and O–H groups in total. The van der Waals surface area contributed by atoms with Gasteiger partial charge in [-0.25, -0.2) is 0 Å². The number of hydrogen-bond acceptors (Lipinski definition) is 5. The Kier molecular flexibility index (Phi) is 9.30. The van der Waals surface area contributed by atoms with Crippen LogP contribution < -0.4 is 25.1 Å². The summed E-state index contributed by atoms with van der Waals surface area (Å²) in [5.41, 5.74) is 3.74. The number of rotatable bonds is 9. The van der Waals surface area contributed by atoms with Gasteiger partial charge in [-0.15, -0.1) is 0 Å². The quantitative estimate of drug-likeness (QED) is 0.320. The molecule has 2 rings (SSSR count). The molecule has 0 amide bonds. The van der Waals surface area contributed by atoms with Gasteiger partial charge in [0.2, 0.25) is 0 Å². The molecule has 1 aromatic rings. The van der Waals surface area contributed by atoms with Crippen molar-refractivity contribution in [2.45, 2.75) is 13.8 Å². The molecule has 0 spiro atoms. The number of methoxy groups -OCH3 is 1. The third-order valence-corrected chi connectivity index (χ3v) is 4.34. The Hall–Kier alpha value is -1.90. The molecule has 0 radical (unpaired) electrons. The van der Waals surface area contributed by atoms with Crippen molar-refractivity contribution in [3.63, 3.8) is 0 Å². The fourth-order valence-electron chi connectivity index (χ4n) is 2.61. The van der Waals surface area contributed by atoms with Crippen molar-refractivity contribution in [2.24, 2.45) is 11.0 Å². The van der Waals surface area contributed by atoms with Crippen molar-refractivity contribution in [3.8, 4) is 11.5 Å². The van der Waals surface area contributed by atoms with Gasteiger partial charge in [0, 0.05) is 0 Å². The maximum Gasteiger partial charge on any atom is 0.187 e. The lowest BCUT2D eigenvalue weighted by Gasteiger charge is -2.23. The lowest BCUT2D eigenvalue weighted by molar-refractivity contribution is -0.906. The van der Waals surface area contributed by atoms with E-state index in [1.54, 1.807) is 13.3 Å². The Morgan fingerprint density at radius 1 is 1.33 bits per heavy atom. The predicted octanol–water partition coefficient (Wildman–Crippen LogP) is 0.443. The molecule has 27 heavy (non-hydrogen) atoms. The Bertz CT molecular complexity index is 619. The van der Waals surface area contributed by atoms with E-state index in [9.17, 15) is 0 Å². The zero-order chi connectivity index (χ0) is 19.5. The molecule has 1 heterocycles. The molecule has 0 aromatic heterocycles. The van der Waals surface area contributed by atoms with Crippen molar-refractivity contribution in [3.05, 3.63) is 23.8 Å². The molecule has 0 bridgehead atoms. The average molecular weight is 396 g/mol. The minimum atomic E-state index is 0.457. The second kappa shape index (κ2) is 11.7. The zero-order valence-electron chi connectivity index (χ0n) is 16.4. The highest BCUT2D eigenvalue weighted by molar-refractivity contribution is 7.80. The van der Waals surface area contributed by atoms with Gasteiger partial charge in [-0.3, -0.25) is 5.43 Å². The standard InChI is InChI=1S/C19H30N4O3S/c1-15(2)14-26-17-5-4-16(12-18(17)24-3)13-21-22-19(27)20-6-7-23-8-10-25-11-9-23/h4-5,12-13,15H,6-11,14H2,1-3H3,(H2,20,22,27)/p+1/b21-13-. The number of ether oxygens (including phenoxy) is 3. The normalized spacial score (nSPS) is 15.1. The zero-order valence-corrected chi connectivity index (χ0v) is 17.2. The number of hydrogen-bond donors (Lipinski definition) is 3. The summed E-state index contributed by atoms with van der Waals surface area (Å²) in [6.07, 6.45) is 1.70. The van der Waals surface area contributed by atoms with E-state index in [1.165, 1.54) is 4.90 Å². The van der Waals surface area contributed by atoms with E-state index >= 15 is 0 Å². The molecule has 1 aromatic carbocycles. The number of thiocarbonyl (C=S) groups is 1. The first-order valence-electron chi connectivity index (χ1n) is 9.37. The van der Waals surface area contributed by atoms with Gasteiger partial charge in [-0.2, -0.15) is 5.10 Å². The fourth-order valence-corrected chi connectivity index (χ4v) is 2.76. The van der Waals surface area contributed by atoms with Gasteiger partial charge in [0.05, 0.1) is 46.2 Å². The van der Waals surface area contributed by atoms with E-state index in [2.05, 4.69) is 29.7 Å². The molecule has 150 valence electrons. The van der Waals surface area contributed by atoms with Crippen molar-refractivity contribution in [2.75, 3.05) is 53.1 Å². The van der Waals surface area contributed by atoms with Crippen LogP contribution in [0, 0.1) is 5.92 Å². The van der Waals surface area contributed by atoms with Crippen LogP contribution in [0.5, 0.6) is 11.5 Å². The fraction of sp³-hybridized carbons (Fsp3) is 0.579. The van der Waals surface area contributed by atoms with E-state index in [1.807, 2.05) is 18.2 Å². The molecule has 7 nitrogen and oxygen atoms in total. The van der Waals surface area contributed by atoms with Crippen LogP contribution >= 0.6 is 12.2 Å². The summed E-state index contributed by atoms with van der Waals surface area (Å²) in [7, 11) is 1.63. The highest BCUT2D eigenvalue weighted by atomic mass is 32.1. The van der Waals surface area contributed by atoms with Crippen LogP contribution in [-0.4, -0.2) is 64.4 Å². The minimum absolute atomic E-state index is 0.457. The topological polar surface area (TPSA) is 68.5 Å². The van der Waals surface area contributed by atoms with Gasteiger partial charge in [0.15, 0.2) is 16.6 Å². The number of hydrazone groups is 1. The molecular formula is C19H31N4O3S+. The maximum absolute atomic E-state index is 5.76. The van der Waals surface area contributed by atoms with Crippen LogP contribution in [0.3, 0.4) is 0 Å². The summed E-state index contributed by atoms with van der Waals surface area (Å²) >= 11 is 5.25. The van der Waals surface area contributed by atoms with Crippen molar-refractivity contribution in [1.82, 2.24) is 10.7 Å². The number of morpholine rings is 1. The Morgan fingerprint density at radius 3 is 2.81 bits per heavy atom. The highest BCUT2D eigenvalue weighted by Crippen LogP contribution is 2.27. The van der Waals surface area contributed by atoms with Crippen LogP contribution in [0.1, 0.15) is 19.4 Å². The van der Waals surface area contributed by atoms with Gasteiger partial charge >= 0.3 is 0 Å². The molecule has 8 heteroatoms. The number of quaternary nitrogens is 1. The Morgan fingerprint density at radius 2 is 2.11 bits per heavy atom. The third kappa shape index (κ3) is 8.11. The van der Waals surface area contributed by atoms with Crippen molar-refractivity contribution < 1.29 is 19.1 Å². The molecule has 1 fully saturated rings. The van der Waals surface area contributed by atoms with Gasteiger partial charge in [0.1, 0.15) is 13.1 Å². The molecule has 1 aliphatic rings. The third-order valence-electron chi connectivity index (χ3n) is 4.10. The maximum atomic E-state index is 5.76. The monoisotopic (exact) mass is 395 g/mol. The molecule has 0 aliphatic carbocycles. The Balaban J connectivity index is 1.74. The number of benzene rings is 1. The summed E-state index contributed by atoms with van der Waals surface area (Å²) in [5.74, 6) is 1.88. The molecular weight excluding hydrogens is 364 g/mol. The lowest BCUT2D eigenvalue weighted by atomic mass is 10.2. The van der Waals surface area contributed by atoms with Crippen LogP contribution in [0.15, 0.2) is 23.3 Å². The second-order valence-corrected chi connectivity index (χ2v) is 7.26. The summed E-state index contributed by atoms with van der Waals surface area (Å²) < 4.78 is 16.5. The first kappa shape index (κ1) is 21.4. The van der Waals surface area contributed by atoms with E-state index in [-0.39, 0.29) is 0 Å². The van der Waals surface area contributed by atoms with Gasteiger partial charge in [-0.05, 0) is 41.9 Å². The summed E-state index contributed by atoms with van der Waals surface area (Å²) in [6, 6.07) is 5.71. The summed E-state index contributed by atoms with van der Waals surface area (Å²) in [4.78, 5) is 1.53. The lowest BCUT2D eigenvalue weighted by Crippen LogP contribution is -3.14. The average Bonchev–Trinajstić information content (AvgIpc) is 2.67.